The van der Waals surface area contributed by atoms with Crippen LogP contribution in [0.5, 0.6) is 11.6 Å². The van der Waals surface area contributed by atoms with Crippen LogP contribution in [0.1, 0.15) is 83.3 Å². The quantitative estimate of drug-likeness (QED) is 0.149. The lowest BCUT2D eigenvalue weighted by Crippen LogP contribution is -2.65. The molecule has 3 aliphatic carbocycles. The molecule has 12 heteroatoms. The van der Waals surface area contributed by atoms with Gasteiger partial charge in [-0.3, -0.25) is 14.5 Å². The molecule has 0 saturated heterocycles. The van der Waals surface area contributed by atoms with E-state index in [2.05, 4.69) is 43.9 Å². The fourth-order valence-corrected chi connectivity index (χ4v) is 9.61. The van der Waals surface area contributed by atoms with E-state index in [1.165, 1.54) is 0 Å². The van der Waals surface area contributed by atoms with Crippen molar-refractivity contribution < 1.29 is 33.1 Å². The van der Waals surface area contributed by atoms with Gasteiger partial charge in [-0.25, -0.2) is 4.98 Å². The maximum Gasteiger partial charge on any atom is 0.265 e. The van der Waals surface area contributed by atoms with E-state index >= 15 is 9.59 Å². The second kappa shape index (κ2) is 14.4. The summed E-state index contributed by atoms with van der Waals surface area (Å²) in [6, 6.07) is 18.8. The van der Waals surface area contributed by atoms with Crippen LogP contribution >= 0.6 is 0 Å². The Morgan fingerprint density at radius 1 is 0.945 bits per heavy atom. The zero-order valence-corrected chi connectivity index (χ0v) is 34.3. The number of carbonyl (C=O) groups excluding carboxylic acids is 2. The highest BCUT2D eigenvalue weighted by Gasteiger charge is 2.67. The highest BCUT2D eigenvalue weighted by atomic mass is 28.4. The number of rotatable bonds is 11. The lowest BCUT2D eigenvalue weighted by Gasteiger charge is -2.55. The number of ether oxygens (including phenoxy) is 2. The van der Waals surface area contributed by atoms with Crippen molar-refractivity contribution in [2.45, 2.75) is 83.5 Å². The van der Waals surface area contributed by atoms with Gasteiger partial charge in [0.2, 0.25) is 5.78 Å². The van der Waals surface area contributed by atoms with Gasteiger partial charge in [-0.2, -0.15) is 0 Å². The number of carbonyl (C=O) groups is 2. The Bertz CT molecular complexity index is 2130. The Hall–Kier alpha value is -4.78. The molecule has 0 radical (unpaired) electrons. The number of hydrogen-bond donors (Lipinski definition) is 1. The van der Waals surface area contributed by atoms with Crippen LogP contribution < -0.4 is 14.4 Å². The minimum atomic E-state index is -2.87. The topological polar surface area (TPSA) is 127 Å². The van der Waals surface area contributed by atoms with E-state index in [1.807, 2.05) is 93.6 Å². The maximum absolute atomic E-state index is 15.6. The van der Waals surface area contributed by atoms with E-state index in [1.54, 1.807) is 6.20 Å². The third kappa shape index (κ3) is 6.47. The zero-order chi connectivity index (χ0) is 39.4. The first-order valence-electron chi connectivity index (χ1n) is 19.1. The fourth-order valence-electron chi connectivity index (χ4n) is 8.16. The van der Waals surface area contributed by atoms with Gasteiger partial charge in [-0.1, -0.05) is 88.4 Å². The van der Waals surface area contributed by atoms with Gasteiger partial charge in [-0.15, -0.1) is 0 Å². The van der Waals surface area contributed by atoms with Crippen molar-refractivity contribution in [3.05, 3.63) is 112 Å². The molecule has 4 atom stereocenters. The summed E-state index contributed by atoms with van der Waals surface area (Å²) in [5.74, 6) is -0.910. The Morgan fingerprint density at radius 3 is 2.15 bits per heavy atom. The SMILES string of the molecule is CCN(C)[C@@H]1c2onc(OCc3ccccc3)c2C(=O)[C@@]2(O[Si](C)(C)C(C)(C)C)C(O)=C3C(=O)c4c(OCc5ccccc5)cnc(N(C)C)c4C[C@H]3C[C@@H]12. The highest BCUT2D eigenvalue weighted by Crippen LogP contribution is 2.60. The van der Waals surface area contributed by atoms with Crippen molar-refractivity contribution in [1.29, 1.82) is 0 Å². The summed E-state index contributed by atoms with van der Waals surface area (Å²) in [6.07, 6.45) is 2.35. The largest absolute Gasteiger partial charge is 0.508 e. The molecule has 55 heavy (non-hydrogen) atoms. The van der Waals surface area contributed by atoms with Crippen molar-refractivity contribution in [3.8, 4) is 11.6 Å². The number of allylic oxidation sites excluding steroid dienone is 1. The zero-order valence-electron chi connectivity index (χ0n) is 33.3. The minimum absolute atomic E-state index is 0.0357. The molecule has 2 heterocycles. The molecule has 0 saturated carbocycles. The third-order valence-electron chi connectivity index (χ3n) is 12.1. The number of pyridine rings is 1. The molecular weight excluding hydrogens is 713 g/mol. The molecule has 0 amide bonds. The van der Waals surface area contributed by atoms with Gasteiger partial charge in [0.05, 0.1) is 17.8 Å². The van der Waals surface area contributed by atoms with Crippen molar-refractivity contribution >= 4 is 25.7 Å². The normalized spacial score (nSPS) is 22.2. The number of Topliss-reactive ketones (excluding diaryl/α,β-unsaturated/α-hetero) is 2. The summed E-state index contributed by atoms with van der Waals surface area (Å²) < 4.78 is 26.0. The van der Waals surface area contributed by atoms with Crippen LogP contribution in [0.25, 0.3) is 0 Å². The Morgan fingerprint density at radius 2 is 1.56 bits per heavy atom. The molecule has 0 unspecified atom stereocenters. The average molecular weight is 765 g/mol. The maximum atomic E-state index is 15.6. The Labute approximate surface area is 324 Å². The highest BCUT2D eigenvalue weighted by molar-refractivity contribution is 6.74. The molecule has 290 valence electrons. The smallest absolute Gasteiger partial charge is 0.265 e. The van der Waals surface area contributed by atoms with E-state index in [0.717, 1.165) is 16.7 Å². The fraction of sp³-hybridized carbons (Fsp3) is 0.442. The summed E-state index contributed by atoms with van der Waals surface area (Å²) in [5, 5.41) is 17.0. The first-order chi connectivity index (χ1) is 26.1. The first-order valence-corrected chi connectivity index (χ1v) is 22.0. The number of benzene rings is 2. The van der Waals surface area contributed by atoms with Crippen LogP contribution in [0.4, 0.5) is 5.82 Å². The van der Waals surface area contributed by atoms with Crippen LogP contribution in [-0.4, -0.2) is 73.3 Å². The van der Waals surface area contributed by atoms with Crippen LogP contribution in [0, 0.1) is 11.8 Å². The van der Waals surface area contributed by atoms with Crippen LogP contribution in [0.2, 0.25) is 18.1 Å². The second-order valence-electron chi connectivity index (χ2n) is 16.7. The first kappa shape index (κ1) is 38.5. The predicted octanol–water partition coefficient (Wildman–Crippen LogP) is 8.13. The Balaban J connectivity index is 1.43. The van der Waals surface area contributed by atoms with E-state index in [-0.39, 0.29) is 46.8 Å². The summed E-state index contributed by atoms with van der Waals surface area (Å²) in [5.41, 5.74) is 1.32. The number of aliphatic hydroxyl groups is 1. The van der Waals surface area contributed by atoms with Crippen LogP contribution in [-0.2, 0) is 24.1 Å². The predicted molar refractivity (Wildman–Crippen MR) is 212 cm³/mol. The molecular formula is C43H52N4O7Si. The monoisotopic (exact) mass is 764 g/mol. The van der Waals surface area contributed by atoms with Crippen LogP contribution in [0.15, 0.2) is 82.7 Å². The van der Waals surface area contributed by atoms with E-state index < -0.39 is 37.6 Å². The number of anilines is 1. The van der Waals surface area contributed by atoms with Gasteiger partial charge >= 0.3 is 0 Å². The van der Waals surface area contributed by atoms with Crippen LogP contribution in [0.3, 0.4) is 0 Å². The number of aliphatic hydroxyl groups excluding tert-OH is 1. The van der Waals surface area contributed by atoms with Gasteiger partial charge in [0, 0.05) is 31.1 Å². The summed E-state index contributed by atoms with van der Waals surface area (Å²) >= 11 is 0. The standard InChI is InChI=1S/C43H52N4O7Si/c1-10-47(7)35-30-22-28-21-29-33(31(23-44-40(29)46(5)6)51-24-26-17-13-11-14-18-26)36(48)32(28)38(49)43(30,54-55(8,9)42(2,3)4)39(50)34-37(35)53-45-41(34)52-25-27-19-15-12-16-20-27/h11-20,23,28,30,35,49H,10,21-22,24-25H2,1-9H3/t28-,30-,35-,43-/m0/s1. The van der Waals surface area contributed by atoms with E-state index in [0.29, 0.717) is 42.3 Å². The molecule has 7 rings (SSSR count). The van der Waals surface area contributed by atoms with Gasteiger partial charge in [0.15, 0.2) is 25.5 Å². The number of fused-ring (bicyclic) bond motifs is 4. The number of nitrogens with zero attached hydrogens (tertiary/aromatic N) is 4. The third-order valence-corrected chi connectivity index (χ3v) is 16.5. The molecule has 1 N–H and O–H groups in total. The molecule has 11 nitrogen and oxygen atoms in total. The van der Waals surface area contributed by atoms with Gasteiger partial charge in [0.25, 0.3) is 5.88 Å². The lowest BCUT2D eigenvalue weighted by molar-refractivity contribution is -0.0510. The molecule has 0 bridgehead atoms. The number of hydrogen-bond acceptors (Lipinski definition) is 11. The second-order valence-corrected chi connectivity index (χ2v) is 21.5. The van der Waals surface area contributed by atoms with Gasteiger partial charge in [0.1, 0.15) is 36.1 Å². The minimum Gasteiger partial charge on any atom is -0.508 e. The summed E-state index contributed by atoms with van der Waals surface area (Å²) in [4.78, 5) is 39.5. The molecule has 0 spiro atoms. The Kier molecular flexibility index (Phi) is 10.1. The van der Waals surface area contributed by atoms with Gasteiger partial charge < -0.3 is 28.4 Å². The van der Waals surface area contributed by atoms with Crippen molar-refractivity contribution in [2.24, 2.45) is 11.8 Å². The number of aromatic nitrogens is 2. The van der Waals surface area contributed by atoms with Crippen molar-refractivity contribution in [1.82, 2.24) is 15.0 Å². The van der Waals surface area contributed by atoms with E-state index in [4.69, 9.17) is 23.4 Å². The van der Waals surface area contributed by atoms with Crippen molar-refractivity contribution in [3.63, 3.8) is 0 Å². The average Bonchev–Trinajstić information content (AvgIpc) is 3.57. The van der Waals surface area contributed by atoms with Crippen molar-refractivity contribution in [2.75, 3.05) is 32.6 Å². The molecule has 4 aromatic rings. The molecule has 2 aromatic carbocycles. The summed E-state index contributed by atoms with van der Waals surface area (Å²) in [6.45, 7) is 13.4. The van der Waals surface area contributed by atoms with Gasteiger partial charge in [-0.05, 0) is 66.8 Å². The molecule has 0 aliphatic heterocycles. The molecule has 0 fully saturated rings. The number of ketones is 2. The lowest BCUT2D eigenvalue weighted by atomic mass is 9.58. The summed E-state index contributed by atoms with van der Waals surface area (Å²) in [7, 11) is 2.89. The molecule has 3 aliphatic rings. The van der Waals surface area contributed by atoms with E-state index in [9.17, 15) is 5.11 Å². The molecule has 2 aromatic heterocycles.